The van der Waals surface area contributed by atoms with Gasteiger partial charge in [0.25, 0.3) is 0 Å². The number of fused-ring (bicyclic) bond motifs is 2. The zero-order chi connectivity index (χ0) is 38.8. The molecule has 10 nitrogen and oxygen atoms in total. The van der Waals surface area contributed by atoms with Gasteiger partial charge < -0.3 is 19.7 Å². The smallest absolute Gasteiger partial charge is 0.312 e. The van der Waals surface area contributed by atoms with Crippen molar-refractivity contribution in [1.29, 1.82) is 0 Å². The maximum absolute atomic E-state index is 11.2. The Kier molecular flexibility index (Phi) is 14.8. The standard InChI is InChI=1S/C20H23NO4.C14H14BrNO2.C6H10O2/c1-12-10-16-7-6-15(8-9-20(4,5)19(23)24)11-17(16)21-18(12)13(2)25-14(3)22;1-8-6-11-4-5-12(15)7-13(11)16-14(8)9(2)18-10(3)17;1-4-6(2,3)5(7)8/h6-11,13H,1-5H3,(H,23,24);4-7,9H,1-3H3;4H,1H2,2-3H3,(H,7,8)/b9-8+;;/t13-;9-;/m11./s1. The monoisotopic (exact) mass is 762 g/mol. The Morgan fingerprint density at radius 2 is 1.18 bits per heavy atom. The van der Waals surface area contributed by atoms with Crippen LogP contribution in [0.25, 0.3) is 27.9 Å². The van der Waals surface area contributed by atoms with Crippen LogP contribution >= 0.6 is 15.9 Å². The number of halogens is 1. The fourth-order valence-electron chi connectivity index (χ4n) is 4.56. The summed E-state index contributed by atoms with van der Waals surface area (Å²) in [4.78, 5) is 52.8. The van der Waals surface area contributed by atoms with E-state index >= 15 is 0 Å². The maximum atomic E-state index is 11.2. The van der Waals surface area contributed by atoms with E-state index in [4.69, 9.17) is 14.6 Å². The van der Waals surface area contributed by atoms with Crippen molar-refractivity contribution in [3.63, 3.8) is 0 Å². The van der Waals surface area contributed by atoms with Crippen molar-refractivity contribution < 1.29 is 38.9 Å². The average molecular weight is 764 g/mol. The van der Waals surface area contributed by atoms with E-state index in [9.17, 15) is 24.3 Å². The largest absolute Gasteiger partial charge is 0.481 e. The van der Waals surface area contributed by atoms with E-state index in [1.165, 1.54) is 19.9 Å². The Balaban J connectivity index is 0.000000301. The van der Waals surface area contributed by atoms with Crippen LogP contribution in [0.4, 0.5) is 0 Å². The number of aliphatic carboxylic acids is 2. The number of carbonyl (C=O) groups excluding carboxylic acids is 2. The molecule has 11 heteroatoms. The number of aryl methyl sites for hydroxylation is 2. The van der Waals surface area contributed by atoms with Crippen molar-refractivity contribution in [1.82, 2.24) is 9.97 Å². The molecule has 0 amide bonds. The summed E-state index contributed by atoms with van der Waals surface area (Å²) in [6.07, 6.45) is 4.10. The van der Waals surface area contributed by atoms with Gasteiger partial charge in [-0.2, -0.15) is 0 Å². The first kappa shape index (κ1) is 42.3. The second-order valence-electron chi connectivity index (χ2n) is 13.3. The molecule has 2 N–H and O–H groups in total. The van der Waals surface area contributed by atoms with Crippen LogP contribution in [0.5, 0.6) is 0 Å². The Labute approximate surface area is 307 Å². The van der Waals surface area contributed by atoms with Crippen LogP contribution in [0.3, 0.4) is 0 Å². The summed E-state index contributed by atoms with van der Waals surface area (Å²) in [5.41, 5.74) is 4.31. The lowest BCUT2D eigenvalue weighted by Gasteiger charge is -2.15. The summed E-state index contributed by atoms with van der Waals surface area (Å²) in [7, 11) is 0. The summed E-state index contributed by atoms with van der Waals surface area (Å²) in [5.74, 6) is -2.36. The molecule has 0 radical (unpaired) electrons. The summed E-state index contributed by atoms with van der Waals surface area (Å²) in [6.45, 7) is 20.2. The Morgan fingerprint density at radius 3 is 1.57 bits per heavy atom. The van der Waals surface area contributed by atoms with Crippen molar-refractivity contribution >= 4 is 67.7 Å². The van der Waals surface area contributed by atoms with E-state index in [2.05, 4.69) is 38.5 Å². The van der Waals surface area contributed by atoms with Gasteiger partial charge in [-0.1, -0.05) is 52.4 Å². The number of hydrogen-bond acceptors (Lipinski definition) is 8. The second-order valence-corrected chi connectivity index (χ2v) is 14.2. The zero-order valence-electron chi connectivity index (χ0n) is 30.8. The van der Waals surface area contributed by atoms with Crippen molar-refractivity contribution in [2.75, 3.05) is 0 Å². The second kappa shape index (κ2) is 17.8. The minimum atomic E-state index is -0.940. The number of carboxylic acid groups (broad SMARTS) is 2. The third-order valence-electron chi connectivity index (χ3n) is 7.84. The SMILES string of the molecule is C=CC(C)(C)C(=O)O.CC(=O)O[C@H](C)c1nc2cc(/C=C/C(C)(C)C(=O)O)ccc2cc1C.CC(=O)O[C@H](C)c1nc2cc(Br)ccc2cc1C. The first-order chi connectivity index (χ1) is 23.6. The van der Waals surface area contributed by atoms with Crippen LogP contribution in [-0.4, -0.2) is 44.1 Å². The summed E-state index contributed by atoms with van der Waals surface area (Å²) < 4.78 is 11.4. The van der Waals surface area contributed by atoms with Gasteiger partial charge in [-0.3, -0.25) is 19.2 Å². The molecule has 0 spiro atoms. The minimum absolute atomic E-state index is 0.293. The van der Waals surface area contributed by atoms with Gasteiger partial charge in [-0.05, 0) is 102 Å². The van der Waals surface area contributed by atoms with Gasteiger partial charge in [0.15, 0.2) is 0 Å². The van der Waals surface area contributed by atoms with Crippen molar-refractivity contribution in [3.8, 4) is 0 Å². The number of carbonyl (C=O) groups is 4. The first-order valence-corrected chi connectivity index (χ1v) is 17.0. The van der Waals surface area contributed by atoms with Crippen LogP contribution in [0, 0.1) is 24.7 Å². The highest BCUT2D eigenvalue weighted by Gasteiger charge is 2.23. The molecule has 0 aliphatic carbocycles. The molecule has 0 fully saturated rings. The highest BCUT2D eigenvalue weighted by molar-refractivity contribution is 9.10. The first-order valence-electron chi connectivity index (χ1n) is 16.2. The number of nitrogens with zero attached hydrogens (tertiary/aromatic N) is 2. The van der Waals surface area contributed by atoms with Crippen LogP contribution in [0.1, 0.15) is 95.7 Å². The van der Waals surface area contributed by atoms with E-state index in [1.807, 2.05) is 63.2 Å². The molecule has 4 aromatic rings. The third kappa shape index (κ3) is 12.4. The molecule has 2 atom stereocenters. The van der Waals surface area contributed by atoms with E-state index in [-0.39, 0.29) is 18.0 Å². The molecule has 0 unspecified atom stereocenters. The van der Waals surface area contributed by atoms with Gasteiger partial charge in [0.05, 0.1) is 33.3 Å². The number of pyridine rings is 2. The molecular weight excluding hydrogens is 716 g/mol. The summed E-state index contributed by atoms with van der Waals surface area (Å²) in [5, 5.41) is 19.6. The fraction of sp³-hybridized carbons (Fsp3) is 0.350. The van der Waals surface area contributed by atoms with Gasteiger partial charge >= 0.3 is 23.9 Å². The molecule has 51 heavy (non-hydrogen) atoms. The molecule has 2 aromatic carbocycles. The lowest BCUT2D eigenvalue weighted by atomic mass is 9.92. The summed E-state index contributed by atoms with van der Waals surface area (Å²) >= 11 is 3.43. The molecule has 0 saturated heterocycles. The number of benzene rings is 2. The van der Waals surface area contributed by atoms with Crippen LogP contribution in [0.2, 0.25) is 0 Å². The molecule has 0 aliphatic heterocycles. The number of esters is 2. The lowest BCUT2D eigenvalue weighted by Crippen LogP contribution is -2.20. The van der Waals surface area contributed by atoms with Crippen LogP contribution < -0.4 is 0 Å². The molecule has 2 heterocycles. The van der Waals surface area contributed by atoms with Crippen molar-refractivity contribution in [2.24, 2.45) is 10.8 Å². The Bertz CT molecular complexity index is 1970. The third-order valence-corrected chi connectivity index (χ3v) is 8.33. The number of carboxylic acids is 2. The normalized spacial score (nSPS) is 12.5. The van der Waals surface area contributed by atoms with Crippen molar-refractivity contribution in [2.45, 2.75) is 81.4 Å². The number of rotatable bonds is 9. The summed E-state index contributed by atoms with van der Waals surface area (Å²) in [6, 6.07) is 15.8. The molecule has 0 saturated carbocycles. The zero-order valence-corrected chi connectivity index (χ0v) is 32.4. The quantitative estimate of drug-likeness (QED) is 0.125. The van der Waals surface area contributed by atoms with Crippen LogP contribution in [-0.2, 0) is 28.7 Å². The van der Waals surface area contributed by atoms with E-state index < -0.39 is 28.9 Å². The van der Waals surface area contributed by atoms with Gasteiger partial charge in [0.2, 0.25) is 0 Å². The molecular formula is C40H47BrN2O8. The van der Waals surface area contributed by atoms with E-state index in [1.54, 1.807) is 46.8 Å². The van der Waals surface area contributed by atoms with Gasteiger partial charge in [0, 0.05) is 29.1 Å². The molecule has 272 valence electrons. The van der Waals surface area contributed by atoms with E-state index in [0.717, 1.165) is 54.4 Å². The highest BCUT2D eigenvalue weighted by atomic mass is 79.9. The minimum Gasteiger partial charge on any atom is -0.481 e. The predicted octanol–water partition coefficient (Wildman–Crippen LogP) is 9.50. The molecule has 2 aromatic heterocycles. The Hall–Kier alpha value is -4.90. The van der Waals surface area contributed by atoms with Crippen LogP contribution in [0.15, 0.2) is 71.7 Å². The average Bonchev–Trinajstić information content (AvgIpc) is 3.03. The Morgan fingerprint density at radius 1 is 0.745 bits per heavy atom. The van der Waals surface area contributed by atoms with E-state index in [0.29, 0.717) is 0 Å². The van der Waals surface area contributed by atoms with Gasteiger partial charge in [-0.15, -0.1) is 6.58 Å². The highest BCUT2D eigenvalue weighted by Crippen LogP contribution is 2.27. The van der Waals surface area contributed by atoms with Crippen molar-refractivity contribution in [3.05, 3.63) is 99.8 Å². The predicted molar refractivity (Wildman–Crippen MR) is 203 cm³/mol. The molecule has 0 aliphatic rings. The fourth-order valence-corrected chi connectivity index (χ4v) is 4.91. The molecule has 4 rings (SSSR count). The number of aromatic nitrogens is 2. The number of ether oxygens (including phenoxy) is 2. The lowest BCUT2D eigenvalue weighted by molar-refractivity contribution is -0.147. The van der Waals surface area contributed by atoms with Gasteiger partial charge in [-0.25, -0.2) is 9.97 Å². The topological polar surface area (TPSA) is 153 Å². The van der Waals surface area contributed by atoms with Gasteiger partial charge in [0.1, 0.15) is 12.2 Å². The molecule has 0 bridgehead atoms. The number of hydrogen-bond donors (Lipinski definition) is 2. The maximum Gasteiger partial charge on any atom is 0.312 e.